The van der Waals surface area contributed by atoms with E-state index in [4.69, 9.17) is 21.4 Å². The Morgan fingerprint density at radius 3 is 2.70 bits per heavy atom. The normalized spacial score (nSPS) is 12.0. The lowest BCUT2D eigenvalue weighted by molar-refractivity contribution is -0.141. The van der Waals surface area contributed by atoms with Crippen LogP contribution in [0.1, 0.15) is 30.6 Å². The molecule has 1 amide bonds. The number of hydrogen-bond donors (Lipinski definition) is 1. The van der Waals surface area contributed by atoms with Gasteiger partial charge in [-0.1, -0.05) is 18.5 Å². The van der Waals surface area contributed by atoms with Crippen LogP contribution in [0.2, 0.25) is 5.02 Å². The molecule has 7 heteroatoms. The van der Waals surface area contributed by atoms with E-state index in [1.807, 2.05) is 6.92 Å². The molecule has 1 N–H and O–H groups in total. The van der Waals surface area contributed by atoms with Crippen LogP contribution in [-0.4, -0.2) is 48.2 Å². The standard InChI is InChI=1S/C16H21ClFNO4/c1-3-23-8-4-7-19(10-11(2)16(21)22)15(20)13-6-5-12(17)9-14(13)18/h5-6,9,11H,3-4,7-8,10H2,1-2H3,(H,21,22). The second-order valence-electron chi connectivity index (χ2n) is 5.17. The number of nitrogens with zero attached hydrogens (tertiary/aromatic N) is 1. The largest absolute Gasteiger partial charge is 0.481 e. The molecule has 23 heavy (non-hydrogen) atoms. The SMILES string of the molecule is CCOCCCN(CC(C)C(=O)O)C(=O)c1ccc(Cl)cc1F. The molecular formula is C16H21ClFNO4. The molecule has 1 atom stereocenters. The zero-order chi connectivity index (χ0) is 17.4. The maximum Gasteiger partial charge on any atom is 0.308 e. The fourth-order valence-corrected chi connectivity index (χ4v) is 2.18. The van der Waals surface area contributed by atoms with Gasteiger partial charge in [0, 0.05) is 31.3 Å². The first-order valence-corrected chi connectivity index (χ1v) is 7.79. The van der Waals surface area contributed by atoms with Crippen LogP contribution < -0.4 is 0 Å². The summed E-state index contributed by atoms with van der Waals surface area (Å²) in [4.78, 5) is 24.9. The molecule has 0 saturated carbocycles. The third kappa shape index (κ3) is 6.15. The summed E-state index contributed by atoms with van der Waals surface area (Å²) in [6, 6.07) is 3.80. The maximum atomic E-state index is 13.9. The summed E-state index contributed by atoms with van der Waals surface area (Å²) in [6.45, 7) is 4.67. The summed E-state index contributed by atoms with van der Waals surface area (Å²) in [5.41, 5.74) is -0.122. The maximum absolute atomic E-state index is 13.9. The lowest BCUT2D eigenvalue weighted by Crippen LogP contribution is -2.38. The molecule has 0 fully saturated rings. The van der Waals surface area contributed by atoms with Crippen LogP contribution >= 0.6 is 11.6 Å². The van der Waals surface area contributed by atoms with Gasteiger partial charge < -0.3 is 14.7 Å². The van der Waals surface area contributed by atoms with E-state index in [-0.39, 0.29) is 17.1 Å². The molecular weight excluding hydrogens is 325 g/mol. The van der Waals surface area contributed by atoms with Crippen LogP contribution in [0.25, 0.3) is 0 Å². The molecule has 0 aromatic heterocycles. The van der Waals surface area contributed by atoms with Gasteiger partial charge in [-0.15, -0.1) is 0 Å². The van der Waals surface area contributed by atoms with Gasteiger partial charge in [-0.05, 0) is 31.5 Å². The molecule has 1 aromatic rings. The molecule has 1 rings (SSSR count). The number of rotatable bonds is 9. The molecule has 0 radical (unpaired) electrons. The zero-order valence-corrected chi connectivity index (χ0v) is 14.0. The van der Waals surface area contributed by atoms with Gasteiger partial charge in [0.2, 0.25) is 0 Å². The molecule has 0 heterocycles. The highest BCUT2D eigenvalue weighted by atomic mass is 35.5. The molecule has 5 nitrogen and oxygen atoms in total. The van der Waals surface area contributed by atoms with E-state index in [0.717, 1.165) is 6.07 Å². The van der Waals surface area contributed by atoms with Crippen molar-refractivity contribution in [2.45, 2.75) is 20.3 Å². The van der Waals surface area contributed by atoms with Crippen molar-refractivity contribution in [2.24, 2.45) is 5.92 Å². The van der Waals surface area contributed by atoms with Crippen molar-refractivity contribution in [3.05, 3.63) is 34.6 Å². The Labute approximate surface area is 140 Å². The van der Waals surface area contributed by atoms with Gasteiger partial charge in [0.25, 0.3) is 5.91 Å². The number of halogens is 2. The van der Waals surface area contributed by atoms with Crippen molar-refractivity contribution in [2.75, 3.05) is 26.3 Å². The highest BCUT2D eigenvalue weighted by molar-refractivity contribution is 6.30. The molecule has 128 valence electrons. The second-order valence-corrected chi connectivity index (χ2v) is 5.60. The first-order valence-electron chi connectivity index (χ1n) is 7.41. The van der Waals surface area contributed by atoms with Crippen molar-refractivity contribution in [1.29, 1.82) is 0 Å². The van der Waals surface area contributed by atoms with Crippen molar-refractivity contribution in [1.82, 2.24) is 4.90 Å². The molecule has 0 aliphatic heterocycles. The minimum atomic E-state index is -1.01. The molecule has 0 spiro atoms. The number of carbonyl (C=O) groups excluding carboxylic acids is 1. The van der Waals surface area contributed by atoms with Gasteiger partial charge in [0.1, 0.15) is 5.82 Å². The van der Waals surface area contributed by atoms with E-state index in [1.165, 1.54) is 24.0 Å². The van der Waals surface area contributed by atoms with Crippen LogP contribution in [0, 0.1) is 11.7 Å². The molecule has 1 aromatic carbocycles. The number of hydrogen-bond acceptors (Lipinski definition) is 3. The third-order valence-corrected chi connectivity index (χ3v) is 3.52. The van der Waals surface area contributed by atoms with Crippen molar-refractivity contribution < 1.29 is 23.8 Å². The summed E-state index contributed by atoms with van der Waals surface area (Å²) in [5, 5.41) is 9.22. The highest BCUT2D eigenvalue weighted by Gasteiger charge is 2.23. The van der Waals surface area contributed by atoms with Gasteiger partial charge in [0.15, 0.2) is 0 Å². The van der Waals surface area contributed by atoms with Crippen LogP contribution in [0.3, 0.4) is 0 Å². The molecule has 1 unspecified atom stereocenters. The predicted molar refractivity (Wildman–Crippen MR) is 85.2 cm³/mol. The molecule has 0 aliphatic carbocycles. The third-order valence-electron chi connectivity index (χ3n) is 3.29. The van der Waals surface area contributed by atoms with Gasteiger partial charge in [-0.3, -0.25) is 9.59 Å². The van der Waals surface area contributed by atoms with Crippen molar-refractivity contribution in [3.8, 4) is 0 Å². The summed E-state index contributed by atoms with van der Waals surface area (Å²) in [5.74, 6) is -3.03. The predicted octanol–water partition coefficient (Wildman–Crippen LogP) is 3.07. The lowest BCUT2D eigenvalue weighted by atomic mass is 10.1. The quantitative estimate of drug-likeness (QED) is 0.698. The Kier molecular flexibility index (Phi) is 7.98. The first-order chi connectivity index (χ1) is 10.9. The van der Waals surface area contributed by atoms with Gasteiger partial charge in [0.05, 0.1) is 11.5 Å². The van der Waals surface area contributed by atoms with E-state index in [0.29, 0.717) is 26.2 Å². The summed E-state index contributed by atoms with van der Waals surface area (Å²) in [6.07, 6.45) is 0.543. The van der Waals surface area contributed by atoms with E-state index in [1.54, 1.807) is 0 Å². The highest BCUT2D eigenvalue weighted by Crippen LogP contribution is 2.17. The van der Waals surface area contributed by atoms with E-state index < -0.39 is 23.6 Å². The molecule has 0 saturated heterocycles. The zero-order valence-electron chi connectivity index (χ0n) is 13.2. The number of aliphatic carboxylic acids is 1. The number of carboxylic acids is 1. The van der Waals surface area contributed by atoms with Crippen LogP contribution in [0.4, 0.5) is 4.39 Å². The fraction of sp³-hybridized carbons (Fsp3) is 0.500. The minimum absolute atomic E-state index is 0.00234. The van der Waals surface area contributed by atoms with Crippen LogP contribution in [-0.2, 0) is 9.53 Å². The van der Waals surface area contributed by atoms with Gasteiger partial charge >= 0.3 is 5.97 Å². The topological polar surface area (TPSA) is 66.8 Å². The fourth-order valence-electron chi connectivity index (χ4n) is 2.02. The average molecular weight is 346 g/mol. The first kappa shape index (κ1) is 19.4. The Morgan fingerprint density at radius 2 is 2.13 bits per heavy atom. The van der Waals surface area contributed by atoms with Crippen molar-refractivity contribution >= 4 is 23.5 Å². The van der Waals surface area contributed by atoms with Gasteiger partial charge in [-0.2, -0.15) is 0 Å². The number of carbonyl (C=O) groups is 2. The average Bonchev–Trinajstić information content (AvgIpc) is 2.49. The number of carboxylic acid groups (broad SMARTS) is 1. The van der Waals surface area contributed by atoms with Crippen LogP contribution in [0.5, 0.6) is 0 Å². The van der Waals surface area contributed by atoms with Gasteiger partial charge in [-0.25, -0.2) is 4.39 Å². The Morgan fingerprint density at radius 1 is 1.43 bits per heavy atom. The van der Waals surface area contributed by atoms with E-state index in [9.17, 15) is 14.0 Å². The Hall–Kier alpha value is -1.66. The summed E-state index contributed by atoms with van der Waals surface area (Å²) >= 11 is 5.69. The van der Waals surface area contributed by atoms with Crippen LogP contribution in [0.15, 0.2) is 18.2 Å². The lowest BCUT2D eigenvalue weighted by Gasteiger charge is -2.25. The number of ether oxygens (including phenoxy) is 1. The number of benzene rings is 1. The monoisotopic (exact) mass is 345 g/mol. The summed E-state index contributed by atoms with van der Waals surface area (Å²) in [7, 11) is 0. The van der Waals surface area contributed by atoms with E-state index >= 15 is 0 Å². The van der Waals surface area contributed by atoms with E-state index in [2.05, 4.69) is 0 Å². The molecule has 0 bridgehead atoms. The Bertz CT molecular complexity index is 553. The number of amides is 1. The summed E-state index contributed by atoms with van der Waals surface area (Å²) < 4.78 is 19.1. The van der Waals surface area contributed by atoms with Crippen molar-refractivity contribution in [3.63, 3.8) is 0 Å². The Balaban J connectivity index is 2.87. The molecule has 0 aliphatic rings. The smallest absolute Gasteiger partial charge is 0.308 e. The minimum Gasteiger partial charge on any atom is -0.481 e. The second kappa shape index (κ2) is 9.47.